The van der Waals surface area contributed by atoms with Crippen LogP contribution in [0.2, 0.25) is 0 Å². The van der Waals surface area contributed by atoms with Gasteiger partial charge in [0.05, 0.1) is 0 Å². The minimum Gasteiger partial charge on any atom is -0.294 e. The Balaban J connectivity index is 1.58. The van der Waals surface area contributed by atoms with Crippen LogP contribution in [0.1, 0.15) is 42.1 Å². The number of fused-ring (bicyclic) bond motifs is 5. The van der Waals surface area contributed by atoms with Crippen molar-refractivity contribution in [2.75, 3.05) is 0 Å². The highest BCUT2D eigenvalue weighted by Gasteiger charge is 2.67. The molecule has 0 aliphatic heterocycles. The molecule has 0 saturated heterocycles. The van der Waals surface area contributed by atoms with E-state index in [0.29, 0.717) is 11.7 Å². The van der Waals surface area contributed by atoms with Crippen LogP contribution in [0.5, 0.6) is 0 Å². The fourth-order valence-electron chi connectivity index (χ4n) is 4.81. The molecule has 94 valence electrons. The maximum absolute atomic E-state index is 12.6. The van der Waals surface area contributed by atoms with Crippen molar-refractivity contribution in [1.82, 2.24) is 0 Å². The molecule has 0 radical (unpaired) electrons. The first-order valence-electron chi connectivity index (χ1n) is 7.42. The molecule has 3 fully saturated rings. The molecule has 2 bridgehead atoms. The highest BCUT2D eigenvalue weighted by Crippen LogP contribution is 2.69. The van der Waals surface area contributed by atoms with Crippen molar-refractivity contribution in [3.63, 3.8) is 0 Å². The zero-order valence-electron chi connectivity index (χ0n) is 10.9. The average Bonchev–Trinajstić information content (AvgIpc) is 2.85. The number of benzene rings is 1. The summed E-state index contributed by atoms with van der Waals surface area (Å²) in [5, 5.41) is 0. The molecule has 1 aromatic carbocycles. The molecule has 0 spiro atoms. The number of Topliss-reactive ketones (excluding diaryl/α,β-unsaturated/α-hetero) is 1. The van der Waals surface area contributed by atoms with E-state index in [-0.39, 0.29) is 0 Å². The van der Waals surface area contributed by atoms with Crippen LogP contribution in [0.3, 0.4) is 0 Å². The maximum Gasteiger partial charge on any atom is 0.166 e. The molecule has 3 aliphatic rings. The fourth-order valence-corrected chi connectivity index (χ4v) is 4.81. The van der Waals surface area contributed by atoms with E-state index in [1.165, 1.54) is 24.8 Å². The van der Waals surface area contributed by atoms with Crippen LogP contribution in [0.4, 0.5) is 0 Å². The highest BCUT2D eigenvalue weighted by atomic mass is 16.1. The highest BCUT2D eigenvalue weighted by molar-refractivity contribution is 6.00. The second-order valence-electron chi connectivity index (χ2n) is 6.43. The van der Waals surface area contributed by atoms with Crippen molar-refractivity contribution in [2.24, 2.45) is 29.6 Å². The maximum atomic E-state index is 12.6. The Hall–Kier alpha value is -1.11. The summed E-state index contributed by atoms with van der Waals surface area (Å²) >= 11 is 0. The van der Waals surface area contributed by atoms with E-state index in [2.05, 4.69) is 19.1 Å². The van der Waals surface area contributed by atoms with Crippen molar-refractivity contribution in [2.45, 2.75) is 32.6 Å². The van der Waals surface area contributed by atoms with Crippen molar-refractivity contribution >= 4 is 5.78 Å². The summed E-state index contributed by atoms with van der Waals surface area (Å²) < 4.78 is 0. The van der Waals surface area contributed by atoms with Crippen molar-refractivity contribution in [3.8, 4) is 0 Å². The molecule has 0 amide bonds. The number of ketones is 1. The Morgan fingerprint density at radius 1 is 1.22 bits per heavy atom. The van der Waals surface area contributed by atoms with Gasteiger partial charge in [-0.2, -0.15) is 0 Å². The molecule has 4 rings (SSSR count). The zero-order chi connectivity index (χ0) is 12.3. The van der Waals surface area contributed by atoms with Gasteiger partial charge in [0, 0.05) is 11.5 Å². The van der Waals surface area contributed by atoms with Gasteiger partial charge in [0.25, 0.3) is 0 Å². The first-order valence-corrected chi connectivity index (χ1v) is 7.42. The van der Waals surface area contributed by atoms with Crippen LogP contribution >= 0.6 is 0 Å². The summed E-state index contributed by atoms with van der Waals surface area (Å²) in [6, 6.07) is 8.28. The Morgan fingerprint density at radius 3 is 2.61 bits per heavy atom. The van der Waals surface area contributed by atoms with E-state index >= 15 is 0 Å². The van der Waals surface area contributed by atoms with Crippen molar-refractivity contribution < 1.29 is 4.79 Å². The van der Waals surface area contributed by atoms with Gasteiger partial charge in [-0.25, -0.2) is 0 Å². The predicted molar refractivity (Wildman–Crippen MR) is 71.5 cm³/mol. The predicted octanol–water partition coefficient (Wildman–Crippen LogP) is 3.72. The van der Waals surface area contributed by atoms with Gasteiger partial charge in [-0.05, 0) is 61.0 Å². The van der Waals surface area contributed by atoms with Gasteiger partial charge in [0.1, 0.15) is 0 Å². The molecule has 0 N–H and O–H groups in total. The molecule has 3 saturated carbocycles. The summed E-state index contributed by atoms with van der Waals surface area (Å²) in [5.74, 6) is 4.15. The van der Waals surface area contributed by atoms with E-state index < -0.39 is 0 Å². The quantitative estimate of drug-likeness (QED) is 0.736. The van der Waals surface area contributed by atoms with Gasteiger partial charge in [-0.3, -0.25) is 4.79 Å². The van der Waals surface area contributed by atoms with E-state index in [9.17, 15) is 4.79 Å². The normalized spacial score (nSPS) is 39.7. The van der Waals surface area contributed by atoms with E-state index in [0.717, 1.165) is 35.7 Å². The molecule has 18 heavy (non-hydrogen) atoms. The van der Waals surface area contributed by atoms with Crippen molar-refractivity contribution in [1.29, 1.82) is 0 Å². The topological polar surface area (TPSA) is 17.1 Å². The van der Waals surface area contributed by atoms with E-state index in [1.807, 2.05) is 12.1 Å². The third-order valence-corrected chi connectivity index (χ3v) is 5.66. The van der Waals surface area contributed by atoms with Crippen LogP contribution in [0, 0.1) is 29.6 Å². The lowest BCUT2D eigenvalue weighted by atomic mass is 9.95. The summed E-state index contributed by atoms with van der Waals surface area (Å²) in [4.78, 5) is 12.6. The first kappa shape index (κ1) is 10.8. The van der Waals surface area contributed by atoms with Gasteiger partial charge in [-0.15, -0.1) is 0 Å². The molecule has 3 aliphatic carbocycles. The Bertz CT molecular complexity index is 488. The number of rotatable bonds is 3. The first-order chi connectivity index (χ1) is 8.79. The lowest BCUT2D eigenvalue weighted by Crippen LogP contribution is -2.10. The molecular formula is C17H20O. The van der Waals surface area contributed by atoms with Crippen LogP contribution in [-0.4, -0.2) is 5.78 Å². The third-order valence-electron chi connectivity index (χ3n) is 5.66. The van der Waals surface area contributed by atoms with Crippen LogP contribution in [0.25, 0.3) is 0 Å². The zero-order valence-corrected chi connectivity index (χ0v) is 10.9. The van der Waals surface area contributed by atoms with Crippen LogP contribution in [-0.2, 0) is 6.42 Å². The van der Waals surface area contributed by atoms with Crippen LogP contribution < -0.4 is 0 Å². The Morgan fingerprint density at radius 2 is 1.94 bits per heavy atom. The van der Waals surface area contributed by atoms with Gasteiger partial charge in [-0.1, -0.05) is 25.1 Å². The molecule has 1 heteroatoms. The largest absolute Gasteiger partial charge is 0.294 e. The average molecular weight is 240 g/mol. The number of aryl methyl sites for hydroxylation is 1. The van der Waals surface area contributed by atoms with Gasteiger partial charge >= 0.3 is 0 Å². The van der Waals surface area contributed by atoms with Crippen LogP contribution in [0.15, 0.2) is 24.3 Å². The second kappa shape index (κ2) is 3.69. The fraction of sp³-hybridized carbons (Fsp3) is 0.588. The SMILES string of the molecule is CCc1cccc(C(=O)C2C3C4CCC(C4)C23)c1. The number of carbonyl (C=O) groups excluding carboxylic acids is 1. The van der Waals surface area contributed by atoms with Gasteiger partial charge < -0.3 is 0 Å². The molecule has 0 heterocycles. The molecular weight excluding hydrogens is 220 g/mol. The summed E-state index contributed by atoms with van der Waals surface area (Å²) in [7, 11) is 0. The molecule has 1 aromatic rings. The Kier molecular flexibility index (Phi) is 2.21. The third kappa shape index (κ3) is 1.36. The standard InChI is InChI=1S/C17H20O/c1-2-10-4-3-5-13(8-10)17(18)16-14-11-6-7-12(9-11)15(14)16/h3-5,8,11-12,14-16H,2,6-7,9H2,1H3. The monoisotopic (exact) mass is 240 g/mol. The Labute approximate surface area is 109 Å². The minimum atomic E-state index is 0.392. The number of hydrogen-bond donors (Lipinski definition) is 0. The molecule has 1 nitrogen and oxygen atoms in total. The lowest BCUT2D eigenvalue weighted by molar-refractivity contribution is 0.0944. The smallest absolute Gasteiger partial charge is 0.166 e. The molecule has 4 unspecified atom stereocenters. The van der Waals surface area contributed by atoms with Gasteiger partial charge in [0.15, 0.2) is 5.78 Å². The number of carbonyl (C=O) groups is 1. The van der Waals surface area contributed by atoms with E-state index in [1.54, 1.807) is 0 Å². The molecule has 4 atom stereocenters. The van der Waals surface area contributed by atoms with Gasteiger partial charge in [0.2, 0.25) is 0 Å². The summed E-state index contributed by atoms with van der Waals surface area (Å²) in [6.45, 7) is 2.15. The summed E-state index contributed by atoms with van der Waals surface area (Å²) in [5.41, 5.74) is 2.25. The summed E-state index contributed by atoms with van der Waals surface area (Å²) in [6.07, 6.45) is 5.23. The molecule has 0 aromatic heterocycles. The number of hydrogen-bond acceptors (Lipinski definition) is 1. The van der Waals surface area contributed by atoms with E-state index in [4.69, 9.17) is 0 Å². The minimum absolute atomic E-state index is 0.392. The van der Waals surface area contributed by atoms with Crippen molar-refractivity contribution in [3.05, 3.63) is 35.4 Å². The second-order valence-corrected chi connectivity index (χ2v) is 6.43. The lowest BCUT2D eigenvalue weighted by Gasteiger charge is -2.08.